The molecule has 1 aromatic carbocycles. The van der Waals surface area contributed by atoms with Crippen LogP contribution in [0.2, 0.25) is 0 Å². The number of aliphatic carboxylic acids is 1. The molecular weight excluding hydrogens is 220 g/mol. The van der Waals surface area contributed by atoms with E-state index in [2.05, 4.69) is 31.4 Å². The summed E-state index contributed by atoms with van der Waals surface area (Å²) in [6, 6.07) is 6.35. The maximum atomic E-state index is 10.8. The van der Waals surface area contributed by atoms with Gasteiger partial charge in [-0.2, -0.15) is 0 Å². The normalized spacial score (nSPS) is 17.1. The summed E-state index contributed by atoms with van der Waals surface area (Å²) < 4.78 is 0. The number of hydrogen-bond donors (Lipinski definition) is 1. The second kappa shape index (κ2) is 4.13. The van der Waals surface area contributed by atoms with Crippen molar-refractivity contribution in [3.05, 3.63) is 29.3 Å². The second-order valence-corrected chi connectivity index (χ2v) is 5.38. The monoisotopic (exact) mass is 236 g/mol. The van der Waals surface area contributed by atoms with E-state index in [9.17, 15) is 4.79 Å². The molecule has 2 nitrogen and oxygen atoms in total. The fourth-order valence-electron chi connectivity index (χ4n) is 2.16. The van der Waals surface area contributed by atoms with E-state index >= 15 is 0 Å². The van der Waals surface area contributed by atoms with Crippen molar-refractivity contribution >= 4 is 17.7 Å². The lowest BCUT2D eigenvalue weighted by atomic mass is 9.92. The van der Waals surface area contributed by atoms with Gasteiger partial charge in [-0.15, -0.1) is 11.8 Å². The molecular formula is C13H16O2S. The molecule has 86 valence electrons. The first kappa shape index (κ1) is 11.5. The highest BCUT2D eigenvalue weighted by atomic mass is 32.2. The topological polar surface area (TPSA) is 37.3 Å². The quantitative estimate of drug-likeness (QED) is 0.816. The minimum Gasteiger partial charge on any atom is -0.481 e. The molecule has 0 radical (unpaired) electrons. The predicted octanol–water partition coefficient (Wildman–Crippen LogP) is 3.22. The number of carboxylic acids is 1. The lowest BCUT2D eigenvalue weighted by Gasteiger charge is -2.15. The maximum Gasteiger partial charge on any atom is 0.304 e. The molecule has 0 atom stereocenters. The average Bonchev–Trinajstić information content (AvgIpc) is 2.98. The Morgan fingerprint density at radius 1 is 1.50 bits per heavy atom. The van der Waals surface area contributed by atoms with Gasteiger partial charge in [-0.1, -0.05) is 12.1 Å². The Kier molecular flexibility index (Phi) is 2.98. The fraction of sp³-hybridized carbons (Fsp3) is 0.462. The molecule has 0 unspecified atom stereocenters. The summed E-state index contributed by atoms with van der Waals surface area (Å²) in [5, 5.41) is 8.93. The van der Waals surface area contributed by atoms with Crippen LogP contribution in [0.5, 0.6) is 0 Å². The van der Waals surface area contributed by atoms with E-state index in [1.165, 1.54) is 16.0 Å². The molecule has 1 fully saturated rings. The molecule has 0 spiro atoms. The highest BCUT2D eigenvalue weighted by molar-refractivity contribution is 7.98. The number of benzene rings is 1. The van der Waals surface area contributed by atoms with E-state index in [1.807, 2.05) is 0 Å². The first-order valence-corrected chi connectivity index (χ1v) is 6.67. The van der Waals surface area contributed by atoms with Crippen LogP contribution in [-0.2, 0) is 10.2 Å². The fourth-order valence-corrected chi connectivity index (χ4v) is 2.79. The number of carboxylic acid groups (broad SMARTS) is 1. The molecule has 0 amide bonds. The molecule has 1 aliphatic rings. The van der Waals surface area contributed by atoms with E-state index in [1.54, 1.807) is 11.8 Å². The zero-order valence-electron chi connectivity index (χ0n) is 9.62. The van der Waals surface area contributed by atoms with Gasteiger partial charge in [0.1, 0.15) is 0 Å². The molecule has 3 heteroatoms. The summed E-state index contributed by atoms with van der Waals surface area (Å²) in [6.07, 6.45) is 4.35. The standard InChI is InChI=1S/C13H16O2S/c1-9-3-4-10(7-11(9)16-2)13(5-6-13)8-12(14)15/h3-4,7H,5-6,8H2,1-2H3,(H,14,15). The molecule has 0 saturated heterocycles. The van der Waals surface area contributed by atoms with Crippen LogP contribution in [0.1, 0.15) is 30.4 Å². The number of rotatable bonds is 4. The lowest BCUT2D eigenvalue weighted by molar-refractivity contribution is -0.137. The Balaban J connectivity index is 2.30. The van der Waals surface area contributed by atoms with Crippen LogP contribution >= 0.6 is 11.8 Å². The highest BCUT2D eigenvalue weighted by Crippen LogP contribution is 2.51. The summed E-state index contributed by atoms with van der Waals surface area (Å²) in [5.74, 6) is -0.691. The van der Waals surface area contributed by atoms with E-state index in [4.69, 9.17) is 5.11 Å². The summed E-state index contributed by atoms with van der Waals surface area (Å²) >= 11 is 1.72. The Hall–Kier alpha value is -0.960. The molecule has 2 rings (SSSR count). The lowest BCUT2D eigenvalue weighted by Crippen LogP contribution is -2.13. The minimum atomic E-state index is -0.691. The van der Waals surface area contributed by atoms with Gasteiger partial charge in [0.25, 0.3) is 0 Å². The van der Waals surface area contributed by atoms with Crippen molar-refractivity contribution in [1.82, 2.24) is 0 Å². The second-order valence-electron chi connectivity index (χ2n) is 4.54. The summed E-state index contributed by atoms with van der Waals surface area (Å²) in [6.45, 7) is 2.09. The van der Waals surface area contributed by atoms with Crippen molar-refractivity contribution in [3.8, 4) is 0 Å². The summed E-state index contributed by atoms with van der Waals surface area (Å²) in [7, 11) is 0. The molecule has 0 bridgehead atoms. The van der Waals surface area contributed by atoms with Crippen LogP contribution in [-0.4, -0.2) is 17.3 Å². The van der Waals surface area contributed by atoms with Crippen molar-refractivity contribution in [2.75, 3.05) is 6.26 Å². The van der Waals surface area contributed by atoms with E-state index < -0.39 is 5.97 Å². The Bertz CT molecular complexity index is 422. The van der Waals surface area contributed by atoms with Crippen LogP contribution in [0.15, 0.2) is 23.1 Å². The van der Waals surface area contributed by atoms with Crippen molar-refractivity contribution in [2.45, 2.75) is 36.5 Å². The molecule has 1 aromatic rings. The number of hydrogen-bond acceptors (Lipinski definition) is 2. The van der Waals surface area contributed by atoms with Crippen molar-refractivity contribution < 1.29 is 9.90 Å². The maximum absolute atomic E-state index is 10.8. The van der Waals surface area contributed by atoms with E-state index in [0.29, 0.717) is 0 Å². The van der Waals surface area contributed by atoms with Crippen molar-refractivity contribution in [2.24, 2.45) is 0 Å². The number of thioether (sulfide) groups is 1. The number of carbonyl (C=O) groups is 1. The van der Waals surface area contributed by atoms with Gasteiger partial charge in [0.05, 0.1) is 6.42 Å². The van der Waals surface area contributed by atoms with Gasteiger partial charge in [-0.3, -0.25) is 4.79 Å². The molecule has 1 N–H and O–H groups in total. The van der Waals surface area contributed by atoms with Crippen LogP contribution in [0.25, 0.3) is 0 Å². The third-order valence-electron chi connectivity index (χ3n) is 3.36. The van der Waals surface area contributed by atoms with E-state index in [-0.39, 0.29) is 11.8 Å². The Labute approximate surface area is 100 Å². The first-order chi connectivity index (χ1) is 7.57. The van der Waals surface area contributed by atoms with Gasteiger partial charge in [0, 0.05) is 10.3 Å². The van der Waals surface area contributed by atoms with Gasteiger partial charge in [0.2, 0.25) is 0 Å². The largest absolute Gasteiger partial charge is 0.481 e. The van der Waals surface area contributed by atoms with Gasteiger partial charge in [-0.05, 0) is 43.2 Å². The smallest absolute Gasteiger partial charge is 0.304 e. The molecule has 0 aliphatic heterocycles. The van der Waals surface area contributed by atoms with Crippen molar-refractivity contribution in [3.63, 3.8) is 0 Å². The van der Waals surface area contributed by atoms with Gasteiger partial charge >= 0.3 is 5.97 Å². The average molecular weight is 236 g/mol. The molecule has 1 saturated carbocycles. The van der Waals surface area contributed by atoms with Crippen LogP contribution < -0.4 is 0 Å². The number of aryl methyl sites for hydroxylation is 1. The molecule has 0 heterocycles. The third-order valence-corrected chi connectivity index (χ3v) is 4.24. The van der Waals surface area contributed by atoms with Gasteiger partial charge in [0.15, 0.2) is 0 Å². The molecule has 1 aliphatic carbocycles. The van der Waals surface area contributed by atoms with Gasteiger partial charge < -0.3 is 5.11 Å². The van der Waals surface area contributed by atoms with Crippen LogP contribution in [0.4, 0.5) is 0 Å². The molecule has 0 aromatic heterocycles. The van der Waals surface area contributed by atoms with Crippen molar-refractivity contribution in [1.29, 1.82) is 0 Å². The summed E-state index contributed by atoms with van der Waals surface area (Å²) in [4.78, 5) is 12.1. The SMILES string of the molecule is CSc1cc(C2(CC(=O)O)CC2)ccc1C. The van der Waals surface area contributed by atoms with Gasteiger partial charge in [-0.25, -0.2) is 0 Å². The third kappa shape index (κ3) is 2.09. The Morgan fingerprint density at radius 3 is 2.69 bits per heavy atom. The first-order valence-electron chi connectivity index (χ1n) is 5.44. The van der Waals surface area contributed by atoms with Crippen LogP contribution in [0, 0.1) is 6.92 Å². The predicted molar refractivity (Wildman–Crippen MR) is 66.1 cm³/mol. The zero-order valence-corrected chi connectivity index (χ0v) is 10.4. The van der Waals surface area contributed by atoms with E-state index in [0.717, 1.165) is 12.8 Å². The summed E-state index contributed by atoms with van der Waals surface area (Å²) in [5.41, 5.74) is 2.40. The highest BCUT2D eigenvalue weighted by Gasteiger charge is 2.46. The molecule has 16 heavy (non-hydrogen) atoms. The zero-order chi connectivity index (χ0) is 11.8. The minimum absolute atomic E-state index is 0.0655. The van der Waals surface area contributed by atoms with Crippen LogP contribution in [0.3, 0.4) is 0 Å². The Morgan fingerprint density at radius 2 is 2.19 bits per heavy atom.